The van der Waals surface area contributed by atoms with Gasteiger partial charge >= 0.3 is 0 Å². The van der Waals surface area contributed by atoms with Crippen LogP contribution in [-0.4, -0.2) is 56.7 Å². The van der Waals surface area contributed by atoms with Crippen molar-refractivity contribution in [2.75, 3.05) is 25.4 Å². The number of piperidine rings is 1. The minimum atomic E-state index is -3.39. The Hall–Kier alpha value is -0.660. The fourth-order valence-electron chi connectivity index (χ4n) is 3.06. The summed E-state index contributed by atoms with van der Waals surface area (Å²) >= 11 is 0. The lowest BCUT2D eigenvalue weighted by molar-refractivity contribution is -0.131. The highest BCUT2D eigenvalue weighted by Gasteiger charge is 2.27. The maximum Gasteiger partial charge on any atom is 0.240 e. The van der Waals surface area contributed by atoms with Crippen molar-refractivity contribution in [3.05, 3.63) is 0 Å². The SMILES string of the molecule is CC(NS(=O)(=O)CCC1CCCCN1)C(=O)N1CCCC1. The van der Waals surface area contributed by atoms with Crippen molar-refractivity contribution in [3.63, 3.8) is 0 Å². The minimum Gasteiger partial charge on any atom is -0.341 e. The Kier molecular flexibility index (Phi) is 6.01. The fourth-order valence-corrected chi connectivity index (χ4v) is 4.41. The summed E-state index contributed by atoms with van der Waals surface area (Å²) in [5, 5.41) is 3.35. The zero-order chi connectivity index (χ0) is 15.3. The highest BCUT2D eigenvalue weighted by atomic mass is 32.2. The molecule has 2 N–H and O–H groups in total. The van der Waals surface area contributed by atoms with E-state index in [1.165, 1.54) is 6.42 Å². The number of carbonyl (C=O) groups is 1. The van der Waals surface area contributed by atoms with E-state index in [9.17, 15) is 13.2 Å². The van der Waals surface area contributed by atoms with E-state index in [1.807, 2.05) is 0 Å². The molecule has 2 unspecified atom stereocenters. The Bertz CT molecular complexity index is 440. The van der Waals surface area contributed by atoms with Crippen LogP contribution in [0.3, 0.4) is 0 Å². The highest BCUT2D eigenvalue weighted by Crippen LogP contribution is 2.12. The lowest BCUT2D eigenvalue weighted by Gasteiger charge is -2.24. The molecule has 122 valence electrons. The normalized spacial score (nSPS) is 25.0. The molecule has 6 nitrogen and oxygen atoms in total. The van der Waals surface area contributed by atoms with Crippen LogP contribution in [0.2, 0.25) is 0 Å². The molecule has 1 amide bonds. The van der Waals surface area contributed by atoms with Gasteiger partial charge in [0.25, 0.3) is 0 Å². The van der Waals surface area contributed by atoms with Crippen LogP contribution in [0.1, 0.15) is 45.4 Å². The van der Waals surface area contributed by atoms with Crippen molar-refractivity contribution in [1.29, 1.82) is 0 Å². The molecule has 0 saturated carbocycles. The molecular weight excluding hydrogens is 290 g/mol. The van der Waals surface area contributed by atoms with Gasteiger partial charge in [-0.25, -0.2) is 13.1 Å². The molecule has 0 spiro atoms. The molecule has 0 aromatic rings. The molecule has 2 saturated heterocycles. The summed E-state index contributed by atoms with van der Waals surface area (Å²) in [5.41, 5.74) is 0. The lowest BCUT2D eigenvalue weighted by Crippen LogP contribution is -2.47. The van der Waals surface area contributed by atoms with Gasteiger partial charge in [0, 0.05) is 19.1 Å². The first kappa shape index (κ1) is 16.7. The van der Waals surface area contributed by atoms with Crippen LogP contribution in [0, 0.1) is 0 Å². The largest absolute Gasteiger partial charge is 0.341 e. The quantitative estimate of drug-likeness (QED) is 0.745. The van der Waals surface area contributed by atoms with Crippen LogP contribution >= 0.6 is 0 Å². The van der Waals surface area contributed by atoms with Crippen LogP contribution in [0.4, 0.5) is 0 Å². The monoisotopic (exact) mass is 317 g/mol. The third-order valence-electron chi connectivity index (χ3n) is 4.29. The smallest absolute Gasteiger partial charge is 0.240 e. The molecule has 21 heavy (non-hydrogen) atoms. The summed E-state index contributed by atoms with van der Waals surface area (Å²) in [6.07, 6.45) is 6.01. The number of nitrogens with one attached hydrogen (secondary N) is 2. The molecule has 2 rings (SSSR count). The standard InChI is InChI=1S/C14H27N3O3S/c1-12(14(18)17-9-4-5-10-17)16-21(19,20)11-7-13-6-2-3-8-15-13/h12-13,15-16H,2-11H2,1H3. The lowest BCUT2D eigenvalue weighted by atomic mass is 10.0. The third kappa shape index (κ3) is 5.23. The summed E-state index contributed by atoms with van der Waals surface area (Å²) in [6, 6.07) is -0.368. The van der Waals surface area contributed by atoms with Crippen molar-refractivity contribution in [3.8, 4) is 0 Å². The first-order valence-corrected chi connectivity index (χ1v) is 9.65. The Morgan fingerprint density at radius 2 is 2.00 bits per heavy atom. The summed E-state index contributed by atoms with van der Waals surface area (Å²) in [7, 11) is -3.39. The van der Waals surface area contributed by atoms with Crippen LogP contribution in [0.25, 0.3) is 0 Å². The molecular formula is C14H27N3O3S. The van der Waals surface area contributed by atoms with Crippen molar-refractivity contribution in [1.82, 2.24) is 14.9 Å². The maximum atomic E-state index is 12.1. The van der Waals surface area contributed by atoms with Gasteiger partial charge < -0.3 is 10.2 Å². The molecule has 2 heterocycles. The van der Waals surface area contributed by atoms with Crippen LogP contribution in [0.5, 0.6) is 0 Å². The zero-order valence-corrected chi connectivity index (χ0v) is 13.6. The second kappa shape index (κ2) is 7.56. The number of likely N-dealkylation sites (tertiary alicyclic amines) is 1. The average molecular weight is 317 g/mol. The number of hydrogen-bond donors (Lipinski definition) is 2. The molecule has 2 aliphatic rings. The molecule has 0 aromatic carbocycles. The summed E-state index contributed by atoms with van der Waals surface area (Å²) in [5.74, 6) is -0.0192. The second-order valence-corrected chi connectivity index (χ2v) is 8.00. The van der Waals surface area contributed by atoms with Gasteiger partial charge in [-0.1, -0.05) is 6.42 Å². The summed E-state index contributed by atoms with van der Waals surface area (Å²) < 4.78 is 26.7. The number of rotatable bonds is 6. The van der Waals surface area contributed by atoms with Crippen LogP contribution in [-0.2, 0) is 14.8 Å². The number of hydrogen-bond acceptors (Lipinski definition) is 4. The van der Waals surface area contributed by atoms with E-state index >= 15 is 0 Å². The second-order valence-electron chi connectivity index (χ2n) is 6.13. The Labute approximate surface area is 127 Å². The number of amides is 1. The van der Waals surface area contributed by atoms with E-state index < -0.39 is 16.1 Å². The zero-order valence-electron chi connectivity index (χ0n) is 12.8. The molecule has 2 atom stereocenters. The van der Waals surface area contributed by atoms with Crippen LogP contribution in [0.15, 0.2) is 0 Å². The van der Waals surface area contributed by atoms with E-state index in [2.05, 4.69) is 10.0 Å². The fraction of sp³-hybridized carbons (Fsp3) is 0.929. The Morgan fingerprint density at radius 1 is 1.29 bits per heavy atom. The molecule has 7 heteroatoms. The topological polar surface area (TPSA) is 78.5 Å². The predicted octanol–water partition coefficient (Wildman–Crippen LogP) is 0.449. The predicted molar refractivity (Wildman–Crippen MR) is 82.5 cm³/mol. The van der Waals surface area contributed by atoms with E-state index in [0.717, 1.165) is 45.3 Å². The van der Waals surface area contributed by atoms with Crippen LogP contribution < -0.4 is 10.0 Å². The van der Waals surface area contributed by atoms with E-state index in [1.54, 1.807) is 11.8 Å². The van der Waals surface area contributed by atoms with Crippen molar-refractivity contribution >= 4 is 15.9 Å². The molecule has 0 bridgehead atoms. The van der Waals surface area contributed by atoms with Crippen molar-refractivity contribution in [2.45, 2.75) is 57.5 Å². The summed E-state index contributed by atoms with van der Waals surface area (Å²) in [4.78, 5) is 13.9. The third-order valence-corrected chi connectivity index (χ3v) is 5.78. The maximum absolute atomic E-state index is 12.1. The molecule has 0 aromatic heterocycles. The number of carbonyl (C=O) groups excluding carboxylic acids is 1. The highest BCUT2D eigenvalue weighted by molar-refractivity contribution is 7.89. The van der Waals surface area contributed by atoms with Gasteiger partial charge in [-0.15, -0.1) is 0 Å². The molecule has 0 radical (unpaired) electrons. The van der Waals surface area contributed by atoms with E-state index in [4.69, 9.17) is 0 Å². The van der Waals surface area contributed by atoms with Gasteiger partial charge in [0.05, 0.1) is 11.8 Å². The summed E-state index contributed by atoms with van der Waals surface area (Å²) in [6.45, 7) is 4.10. The Balaban J connectivity index is 1.77. The van der Waals surface area contributed by atoms with Crippen molar-refractivity contribution in [2.24, 2.45) is 0 Å². The van der Waals surface area contributed by atoms with Gasteiger partial charge in [-0.2, -0.15) is 0 Å². The molecule has 2 aliphatic heterocycles. The van der Waals surface area contributed by atoms with Gasteiger partial charge in [-0.05, 0) is 45.6 Å². The minimum absolute atomic E-state index is 0.0856. The van der Waals surface area contributed by atoms with Crippen molar-refractivity contribution < 1.29 is 13.2 Å². The molecule has 2 fully saturated rings. The van der Waals surface area contributed by atoms with Gasteiger partial charge in [0.1, 0.15) is 0 Å². The van der Waals surface area contributed by atoms with E-state index in [0.29, 0.717) is 12.5 Å². The van der Waals surface area contributed by atoms with Gasteiger partial charge in [0.15, 0.2) is 0 Å². The number of nitrogens with zero attached hydrogens (tertiary/aromatic N) is 1. The first-order valence-electron chi connectivity index (χ1n) is 8.00. The number of sulfonamides is 1. The average Bonchev–Trinajstić information content (AvgIpc) is 2.99. The van der Waals surface area contributed by atoms with Gasteiger partial charge in [-0.3, -0.25) is 4.79 Å². The van der Waals surface area contributed by atoms with Gasteiger partial charge in [0.2, 0.25) is 15.9 Å². The molecule has 0 aliphatic carbocycles. The van der Waals surface area contributed by atoms with E-state index in [-0.39, 0.29) is 11.7 Å². The first-order chi connectivity index (χ1) is 9.98. The Morgan fingerprint density at radius 3 is 2.62 bits per heavy atom.